The highest BCUT2D eigenvalue weighted by Gasteiger charge is 2.19. The van der Waals surface area contributed by atoms with E-state index in [9.17, 15) is 17.6 Å². The van der Waals surface area contributed by atoms with Gasteiger partial charge in [0.15, 0.2) is 6.67 Å². The zero-order chi connectivity index (χ0) is 7.21. The molecule has 0 rings (SSSR count). The summed E-state index contributed by atoms with van der Waals surface area (Å²) in [4.78, 5) is 0. The molecule has 0 heterocycles. The first kappa shape index (κ1) is 10.7. The lowest BCUT2D eigenvalue weighted by atomic mass is 10.4. The maximum Gasteiger partial charge on any atom is 0.273 e. The molecule has 0 amide bonds. The average molecular weight is 132 g/mol. The highest BCUT2D eigenvalue weighted by Crippen LogP contribution is 2.10. The number of alkyl halides is 4. The number of halogens is 4. The van der Waals surface area contributed by atoms with Gasteiger partial charge in [0.1, 0.15) is 0 Å². The van der Waals surface area contributed by atoms with Gasteiger partial charge in [-0.2, -0.15) is 0 Å². The second-order valence-corrected chi connectivity index (χ2v) is 1.20. The first-order valence-corrected chi connectivity index (χ1v) is 1.88. The zero-order valence-electron chi connectivity index (χ0n) is 4.72. The topological polar surface area (TPSA) is 0 Å². The Bertz CT molecular complexity index is 37.8. The molecule has 0 aromatic carbocycles. The fourth-order valence-corrected chi connectivity index (χ4v) is 0. The van der Waals surface area contributed by atoms with Crippen molar-refractivity contribution >= 4 is 0 Å². The predicted molar refractivity (Wildman–Crippen MR) is 23.6 cm³/mol. The molecule has 0 N–H and O–H groups in total. The largest absolute Gasteiger partial charge is 0.273 e. The Hall–Kier alpha value is -0.280. The molecule has 4 heteroatoms. The van der Waals surface area contributed by atoms with Gasteiger partial charge in [-0.1, -0.05) is 0 Å². The Morgan fingerprint density at radius 2 is 1.38 bits per heavy atom. The third kappa shape index (κ3) is 17.2. The highest BCUT2D eigenvalue weighted by atomic mass is 19.3. The van der Waals surface area contributed by atoms with Crippen LogP contribution in [0.25, 0.3) is 0 Å². The van der Waals surface area contributed by atoms with Crippen LogP contribution in [0.4, 0.5) is 17.6 Å². The fourth-order valence-electron chi connectivity index (χ4n) is 0. The van der Waals surface area contributed by atoms with E-state index in [-0.39, 0.29) is 0 Å². The molecule has 0 saturated heterocycles. The molecular weight excluding hydrogens is 124 g/mol. The van der Waals surface area contributed by atoms with Crippen molar-refractivity contribution in [1.82, 2.24) is 0 Å². The molecule has 0 aromatic rings. The van der Waals surface area contributed by atoms with Crippen LogP contribution < -0.4 is 0 Å². The average Bonchev–Trinajstić information content (AvgIpc) is 1.71. The predicted octanol–water partition coefficient (Wildman–Crippen LogP) is 2.20. The van der Waals surface area contributed by atoms with E-state index >= 15 is 0 Å². The third-order valence-electron chi connectivity index (χ3n) is 0.235. The Balaban J connectivity index is 0. The minimum absolute atomic E-state index is 0.500. The van der Waals surface area contributed by atoms with Gasteiger partial charge in [0, 0.05) is 6.92 Å². The zero-order valence-corrected chi connectivity index (χ0v) is 4.72. The van der Waals surface area contributed by atoms with Crippen LogP contribution in [0.5, 0.6) is 0 Å². The molecule has 0 nitrogen and oxygen atoms in total. The molecule has 0 bridgehead atoms. The van der Waals surface area contributed by atoms with E-state index in [0.717, 1.165) is 0 Å². The first-order valence-electron chi connectivity index (χ1n) is 1.88. The van der Waals surface area contributed by atoms with Gasteiger partial charge in [0.25, 0.3) is 5.92 Å². The fraction of sp³-hybridized carbons (Fsp3) is 1.00. The van der Waals surface area contributed by atoms with Gasteiger partial charge in [-0.05, 0) is 0 Å². The highest BCUT2D eigenvalue weighted by molar-refractivity contribution is 4.51. The van der Waals surface area contributed by atoms with E-state index in [1.807, 2.05) is 0 Å². The summed E-state index contributed by atoms with van der Waals surface area (Å²) in [6.07, 6.45) is 0. The third-order valence-corrected chi connectivity index (χ3v) is 0.235. The monoisotopic (exact) mass is 132 g/mol. The van der Waals surface area contributed by atoms with Crippen molar-refractivity contribution in [3.05, 3.63) is 0 Å². The minimum atomic E-state index is -3.12. The van der Waals surface area contributed by atoms with Crippen molar-refractivity contribution in [2.75, 3.05) is 13.9 Å². The smallest absolute Gasteiger partial charge is 0.255 e. The molecule has 8 heavy (non-hydrogen) atoms. The summed E-state index contributed by atoms with van der Waals surface area (Å²) in [7, 11) is 0.500. The Morgan fingerprint density at radius 3 is 1.38 bits per heavy atom. The lowest BCUT2D eigenvalue weighted by molar-refractivity contribution is -0.00294. The van der Waals surface area contributed by atoms with Gasteiger partial charge in [-0.15, -0.1) is 0 Å². The summed E-state index contributed by atoms with van der Waals surface area (Å²) < 4.78 is 42.4. The number of hydrogen-bond acceptors (Lipinski definition) is 0. The molecule has 0 fully saturated rings. The second kappa shape index (κ2) is 4.87. The lowest BCUT2D eigenvalue weighted by Gasteiger charge is -1.99. The Kier molecular flexibility index (Phi) is 6.48. The van der Waals surface area contributed by atoms with Crippen LogP contribution in [-0.2, 0) is 0 Å². The van der Waals surface area contributed by atoms with Crippen molar-refractivity contribution < 1.29 is 17.6 Å². The van der Waals surface area contributed by atoms with Gasteiger partial charge in [-0.3, -0.25) is 4.39 Å². The normalized spacial score (nSPS) is 9.75. The van der Waals surface area contributed by atoms with E-state index in [0.29, 0.717) is 14.1 Å². The van der Waals surface area contributed by atoms with Crippen molar-refractivity contribution in [1.29, 1.82) is 0 Å². The molecule has 0 aliphatic heterocycles. The van der Waals surface area contributed by atoms with Crippen LogP contribution in [0.2, 0.25) is 0 Å². The quantitative estimate of drug-likeness (QED) is 0.480. The molecule has 0 aliphatic carbocycles. The number of rotatable bonds is 1. The van der Waals surface area contributed by atoms with E-state index < -0.39 is 12.6 Å². The standard InChI is InChI=1S/C3H5F3.CH3F/c1-3(5,6)2-4;1-2/h2H2,1H3;1H3. The van der Waals surface area contributed by atoms with Gasteiger partial charge >= 0.3 is 0 Å². The minimum Gasteiger partial charge on any atom is -0.255 e. The van der Waals surface area contributed by atoms with Crippen molar-refractivity contribution in [2.45, 2.75) is 12.8 Å². The molecule has 0 atom stereocenters. The van der Waals surface area contributed by atoms with Crippen LogP contribution in [0, 0.1) is 0 Å². The maximum absolute atomic E-state index is 11.1. The van der Waals surface area contributed by atoms with Gasteiger partial charge in [-0.25, -0.2) is 13.2 Å². The van der Waals surface area contributed by atoms with Crippen LogP contribution in [0.1, 0.15) is 6.92 Å². The van der Waals surface area contributed by atoms with Crippen LogP contribution in [0.15, 0.2) is 0 Å². The molecule has 0 saturated carbocycles. The van der Waals surface area contributed by atoms with Crippen molar-refractivity contribution in [2.24, 2.45) is 0 Å². The summed E-state index contributed by atoms with van der Waals surface area (Å²) >= 11 is 0. The summed E-state index contributed by atoms with van der Waals surface area (Å²) in [5.41, 5.74) is 0. The molecule has 0 spiro atoms. The molecule has 0 radical (unpaired) electrons. The maximum atomic E-state index is 11.1. The van der Waals surface area contributed by atoms with E-state index in [1.54, 1.807) is 0 Å². The van der Waals surface area contributed by atoms with Crippen LogP contribution in [0.3, 0.4) is 0 Å². The SMILES string of the molecule is CC(F)(F)CF.CF. The Labute approximate surface area is 45.5 Å². The van der Waals surface area contributed by atoms with Crippen molar-refractivity contribution in [3.63, 3.8) is 0 Å². The van der Waals surface area contributed by atoms with E-state index in [4.69, 9.17) is 0 Å². The summed E-state index contributed by atoms with van der Waals surface area (Å²) in [5.74, 6) is -3.12. The Morgan fingerprint density at radius 1 is 1.25 bits per heavy atom. The molecule has 0 unspecified atom stereocenters. The van der Waals surface area contributed by atoms with E-state index in [1.165, 1.54) is 0 Å². The van der Waals surface area contributed by atoms with Gasteiger partial charge in [0.05, 0.1) is 7.18 Å². The lowest BCUT2D eigenvalue weighted by Crippen LogP contribution is -2.10. The van der Waals surface area contributed by atoms with Crippen LogP contribution >= 0.6 is 0 Å². The molecular formula is C4H8F4. The summed E-state index contributed by atoms with van der Waals surface area (Å²) in [6, 6.07) is 0. The van der Waals surface area contributed by atoms with Crippen LogP contribution in [-0.4, -0.2) is 19.8 Å². The van der Waals surface area contributed by atoms with Gasteiger partial charge < -0.3 is 0 Å². The van der Waals surface area contributed by atoms with E-state index in [2.05, 4.69) is 0 Å². The van der Waals surface area contributed by atoms with Gasteiger partial charge in [0.2, 0.25) is 0 Å². The molecule has 0 aromatic heterocycles. The molecule has 52 valence electrons. The second-order valence-electron chi connectivity index (χ2n) is 1.20. The number of hydrogen-bond donors (Lipinski definition) is 0. The summed E-state index contributed by atoms with van der Waals surface area (Å²) in [6.45, 7) is -1.03. The van der Waals surface area contributed by atoms with Crippen molar-refractivity contribution in [3.8, 4) is 0 Å². The first-order chi connectivity index (χ1) is 3.56. The molecule has 0 aliphatic rings. The summed E-state index contributed by atoms with van der Waals surface area (Å²) in [5, 5.41) is 0.